The molecule has 3 aromatic heterocycles. The number of anilines is 2. The van der Waals surface area contributed by atoms with Crippen molar-refractivity contribution in [1.82, 2.24) is 28.6 Å². The monoisotopic (exact) mass is 411 g/mol. The van der Waals surface area contributed by atoms with Gasteiger partial charge in [-0.15, -0.1) is 5.10 Å². The molecule has 0 aromatic carbocycles. The Kier molecular flexibility index (Phi) is 5.06. The van der Waals surface area contributed by atoms with Gasteiger partial charge in [0.15, 0.2) is 5.65 Å². The van der Waals surface area contributed by atoms with Crippen molar-refractivity contribution in [3.05, 3.63) is 47.4 Å². The van der Waals surface area contributed by atoms with Crippen molar-refractivity contribution >= 4 is 22.9 Å². The van der Waals surface area contributed by atoms with E-state index in [0.717, 1.165) is 18.5 Å². The van der Waals surface area contributed by atoms with Crippen LogP contribution in [0.4, 0.5) is 11.4 Å². The van der Waals surface area contributed by atoms with Gasteiger partial charge in [0, 0.05) is 38.2 Å². The van der Waals surface area contributed by atoms with Gasteiger partial charge in [0.2, 0.25) is 5.91 Å². The molecule has 0 spiro atoms. The highest BCUT2D eigenvalue weighted by molar-refractivity contribution is 5.87. The Morgan fingerprint density at radius 2 is 2.17 bits per heavy atom. The highest BCUT2D eigenvalue weighted by atomic mass is 16.5. The van der Waals surface area contributed by atoms with Crippen molar-refractivity contribution in [1.29, 1.82) is 0 Å². The lowest BCUT2D eigenvalue weighted by atomic mass is 10.1. The molecule has 10 heteroatoms. The minimum atomic E-state index is -0.179. The third kappa shape index (κ3) is 3.34. The lowest BCUT2D eigenvalue weighted by molar-refractivity contribution is -0.127. The molecule has 0 aliphatic carbocycles. The van der Waals surface area contributed by atoms with Gasteiger partial charge < -0.3 is 15.0 Å². The van der Waals surface area contributed by atoms with E-state index < -0.39 is 0 Å². The van der Waals surface area contributed by atoms with Crippen LogP contribution in [0.25, 0.3) is 5.65 Å². The van der Waals surface area contributed by atoms with Gasteiger partial charge >= 0.3 is 5.69 Å². The number of rotatable bonds is 5. The molecule has 10 nitrogen and oxygen atoms in total. The van der Waals surface area contributed by atoms with Crippen LogP contribution in [0, 0.1) is 6.92 Å². The van der Waals surface area contributed by atoms with Crippen LogP contribution in [-0.2, 0) is 11.8 Å². The number of ether oxygens (including phenoxy) is 1. The number of carbonyl (C=O) groups is 1. The summed E-state index contributed by atoms with van der Waals surface area (Å²) in [6.07, 6.45) is 8.17. The Morgan fingerprint density at radius 3 is 2.90 bits per heavy atom. The second-order valence-electron chi connectivity index (χ2n) is 7.43. The van der Waals surface area contributed by atoms with Gasteiger partial charge in [-0.2, -0.15) is 0 Å². The largest absolute Gasteiger partial charge is 0.478 e. The van der Waals surface area contributed by atoms with Gasteiger partial charge in [-0.3, -0.25) is 14.0 Å². The summed E-state index contributed by atoms with van der Waals surface area (Å²) >= 11 is 0. The zero-order chi connectivity index (χ0) is 21.4. The predicted octanol–water partition coefficient (Wildman–Crippen LogP) is 1.64. The highest BCUT2D eigenvalue weighted by Gasteiger charge is 2.26. The van der Waals surface area contributed by atoms with Crippen LogP contribution in [0.5, 0.6) is 5.88 Å². The fraction of sp³-hybridized carbons (Fsp3) is 0.400. The first-order chi connectivity index (χ1) is 14.4. The van der Waals surface area contributed by atoms with E-state index in [1.807, 2.05) is 6.92 Å². The number of amides is 1. The average molecular weight is 411 g/mol. The fourth-order valence-electron chi connectivity index (χ4n) is 3.95. The lowest BCUT2D eigenvalue weighted by Gasteiger charge is -2.33. The van der Waals surface area contributed by atoms with E-state index in [1.165, 1.54) is 6.08 Å². The molecule has 1 saturated heterocycles. The molecular formula is C20H25N7O3. The first kappa shape index (κ1) is 19.7. The van der Waals surface area contributed by atoms with E-state index in [9.17, 15) is 9.59 Å². The number of aromatic nitrogens is 5. The molecule has 1 amide bonds. The summed E-state index contributed by atoms with van der Waals surface area (Å²) in [7, 11) is 3.36. The second-order valence-corrected chi connectivity index (χ2v) is 7.43. The number of imidazole rings is 1. The van der Waals surface area contributed by atoms with Gasteiger partial charge in [0.1, 0.15) is 5.69 Å². The van der Waals surface area contributed by atoms with Gasteiger partial charge in [-0.25, -0.2) is 14.2 Å². The Morgan fingerprint density at radius 1 is 1.37 bits per heavy atom. The summed E-state index contributed by atoms with van der Waals surface area (Å²) in [5, 5.41) is 7.57. The highest BCUT2D eigenvalue weighted by Crippen LogP contribution is 2.29. The van der Waals surface area contributed by atoms with Gasteiger partial charge in [0.05, 0.1) is 25.0 Å². The number of carbonyl (C=O) groups excluding carboxylic acids is 1. The van der Waals surface area contributed by atoms with Crippen molar-refractivity contribution in [2.45, 2.75) is 25.8 Å². The minimum Gasteiger partial charge on any atom is -0.478 e. The van der Waals surface area contributed by atoms with Crippen molar-refractivity contribution in [3.8, 4) is 5.88 Å². The molecule has 0 saturated carbocycles. The summed E-state index contributed by atoms with van der Waals surface area (Å²) in [4.78, 5) is 31.5. The molecule has 0 bridgehead atoms. The molecule has 3 aromatic rings. The normalized spacial score (nSPS) is 16.6. The van der Waals surface area contributed by atoms with Crippen LogP contribution < -0.4 is 15.7 Å². The number of hydrogen-bond acceptors (Lipinski definition) is 6. The van der Waals surface area contributed by atoms with Gasteiger partial charge in [-0.1, -0.05) is 6.58 Å². The van der Waals surface area contributed by atoms with Crippen molar-refractivity contribution in [2.75, 3.05) is 25.5 Å². The molecule has 1 fully saturated rings. The lowest BCUT2D eigenvalue weighted by Crippen LogP contribution is -2.43. The number of methoxy groups -OCH3 is 1. The van der Waals surface area contributed by atoms with Crippen LogP contribution in [0.15, 0.2) is 36.0 Å². The van der Waals surface area contributed by atoms with E-state index in [2.05, 4.69) is 22.0 Å². The topological polar surface area (TPSA) is 98.7 Å². The van der Waals surface area contributed by atoms with Crippen molar-refractivity contribution in [3.63, 3.8) is 0 Å². The molecule has 4 rings (SSSR count). The number of aryl methyl sites for hydroxylation is 2. The fourth-order valence-corrected chi connectivity index (χ4v) is 3.95. The average Bonchev–Trinajstić information content (AvgIpc) is 3.31. The van der Waals surface area contributed by atoms with E-state index in [1.54, 1.807) is 51.3 Å². The molecule has 1 unspecified atom stereocenters. The maximum atomic E-state index is 13.3. The predicted molar refractivity (Wildman–Crippen MR) is 112 cm³/mol. The number of nitrogens with one attached hydrogen (secondary N) is 1. The summed E-state index contributed by atoms with van der Waals surface area (Å²) < 4.78 is 10.3. The quantitative estimate of drug-likeness (QED) is 0.641. The summed E-state index contributed by atoms with van der Waals surface area (Å²) in [6.45, 7) is 6.54. The molecule has 1 N–H and O–H groups in total. The van der Waals surface area contributed by atoms with Crippen molar-refractivity contribution in [2.24, 2.45) is 7.05 Å². The summed E-state index contributed by atoms with van der Waals surface area (Å²) in [5.74, 6) is 0.322. The molecule has 1 atom stereocenters. The third-order valence-corrected chi connectivity index (χ3v) is 5.39. The Bertz CT molecular complexity index is 1170. The SMILES string of the molecule is C=CC(=O)N1CCCC(n2cc(Nc3cn(C)nc3OC)c3ncc(C)n3c2=O)C1. The molecule has 0 radical (unpaired) electrons. The van der Waals surface area contributed by atoms with E-state index >= 15 is 0 Å². The van der Waals surface area contributed by atoms with Gasteiger partial charge in [0.25, 0.3) is 5.88 Å². The summed E-state index contributed by atoms with van der Waals surface area (Å²) in [6, 6.07) is -0.141. The maximum absolute atomic E-state index is 13.3. The zero-order valence-corrected chi connectivity index (χ0v) is 17.3. The Hall–Kier alpha value is -3.56. The molecule has 4 heterocycles. The van der Waals surface area contributed by atoms with E-state index in [4.69, 9.17) is 4.74 Å². The molecule has 158 valence electrons. The van der Waals surface area contributed by atoms with Crippen molar-refractivity contribution < 1.29 is 9.53 Å². The minimum absolute atomic E-state index is 0.119. The third-order valence-electron chi connectivity index (χ3n) is 5.39. The first-order valence-corrected chi connectivity index (χ1v) is 9.78. The van der Waals surface area contributed by atoms with Gasteiger partial charge in [-0.05, 0) is 25.8 Å². The number of piperidine rings is 1. The first-order valence-electron chi connectivity index (χ1n) is 9.78. The number of fused-ring (bicyclic) bond motifs is 1. The molecule has 1 aliphatic rings. The zero-order valence-electron chi connectivity index (χ0n) is 17.3. The second kappa shape index (κ2) is 7.69. The number of likely N-dealkylation sites (tertiary alicyclic amines) is 1. The van der Waals surface area contributed by atoms with Crippen LogP contribution >= 0.6 is 0 Å². The smallest absolute Gasteiger partial charge is 0.334 e. The molecule has 1 aliphatic heterocycles. The Labute approximate surface area is 173 Å². The van der Waals surface area contributed by atoms with Crippen LogP contribution in [0.3, 0.4) is 0 Å². The maximum Gasteiger partial charge on any atom is 0.334 e. The number of nitrogens with zero attached hydrogens (tertiary/aromatic N) is 6. The molecular weight excluding hydrogens is 386 g/mol. The van der Waals surface area contributed by atoms with E-state index in [0.29, 0.717) is 36.0 Å². The van der Waals surface area contributed by atoms with E-state index in [-0.39, 0.29) is 17.6 Å². The molecule has 30 heavy (non-hydrogen) atoms. The van der Waals surface area contributed by atoms with Crippen LogP contribution in [0.1, 0.15) is 24.6 Å². The summed E-state index contributed by atoms with van der Waals surface area (Å²) in [5.41, 5.74) is 2.40. The number of hydrogen-bond donors (Lipinski definition) is 1. The Balaban J connectivity index is 1.80. The van der Waals surface area contributed by atoms with Crippen LogP contribution in [-0.4, -0.2) is 54.7 Å². The standard InChI is InChI=1S/C20H25N7O3/c1-5-17(28)25-8-6-7-14(10-25)26-12-15(18-21-9-13(2)27(18)20(26)29)22-16-11-24(3)23-19(16)30-4/h5,9,11-12,14,22H,1,6-8,10H2,2-4H3. The van der Waals surface area contributed by atoms with Crippen LogP contribution in [0.2, 0.25) is 0 Å².